The van der Waals surface area contributed by atoms with Crippen LogP contribution in [0, 0.1) is 13.8 Å². The van der Waals surface area contributed by atoms with E-state index in [0.29, 0.717) is 26.0 Å². The molecule has 4 nitrogen and oxygen atoms in total. The highest BCUT2D eigenvalue weighted by atomic mass is 16.5. The van der Waals surface area contributed by atoms with Crippen molar-refractivity contribution in [1.82, 2.24) is 5.32 Å². The Morgan fingerprint density at radius 2 is 1.95 bits per heavy atom. The van der Waals surface area contributed by atoms with Gasteiger partial charge in [-0.25, -0.2) is 0 Å². The average Bonchev–Trinajstić information content (AvgIpc) is 2.24. The second-order valence-electron chi connectivity index (χ2n) is 5.34. The molecule has 1 aliphatic carbocycles. The first kappa shape index (κ1) is 13.9. The number of aryl methyl sites for hydroxylation is 2. The molecule has 0 aromatic heterocycles. The number of nitrogens with one attached hydrogen (secondary N) is 1. The minimum atomic E-state index is -0.745. The van der Waals surface area contributed by atoms with E-state index in [1.165, 1.54) is 11.1 Å². The molecule has 0 amide bonds. The van der Waals surface area contributed by atoms with Crippen LogP contribution >= 0.6 is 0 Å². The van der Waals surface area contributed by atoms with Gasteiger partial charge in [-0.3, -0.25) is 10.1 Å². The lowest BCUT2D eigenvalue weighted by atomic mass is 9.77. The summed E-state index contributed by atoms with van der Waals surface area (Å²) in [4.78, 5) is 11.2. The van der Waals surface area contributed by atoms with Crippen LogP contribution in [0.1, 0.15) is 30.4 Å². The first-order valence-electron chi connectivity index (χ1n) is 6.71. The van der Waals surface area contributed by atoms with Gasteiger partial charge in [0, 0.05) is 6.54 Å². The maximum atomic E-state index is 11.2. The first-order chi connectivity index (χ1) is 9.02. The zero-order valence-electron chi connectivity index (χ0n) is 11.5. The molecule has 19 heavy (non-hydrogen) atoms. The molecule has 1 aromatic carbocycles. The van der Waals surface area contributed by atoms with Gasteiger partial charge in [-0.2, -0.15) is 0 Å². The Balaban J connectivity index is 1.79. The number of rotatable bonds is 6. The van der Waals surface area contributed by atoms with Crippen LogP contribution in [-0.2, 0) is 4.79 Å². The van der Waals surface area contributed by atoms with Gasteiger partial charge in [0.25, 0.3) is 0 Å². The minimum Gasteiger partial charge on any atom is -0.492 e. The van der Waals surface area contributed by atoms with Crippen molar-refractivity contribution in [2.45, 2.75) is 38.6 Å². The SMILES string of the molecule is Cc1cc(C)cc(OCCNC2(C(=O)O)CCC2)c1. The quantitative estimate of drug-likeness (QED) is 0.773. The molecule has 0 spiro atoms. The molecule has 1 aliphatic rings. The van der Waals surface area contributed by atoms with E-state index in [1.54, 1.807) is 0 Å². The number of benzene rings is 1. The molecule has 0 radical (unpaired) electrons. The Labute approximate surface area is 113 Å². The van der Waals surface area contributed by atoms with Gasteiger partial charge in [0.15, 0.2) is 0 Å². The van der Waals surface area contributed by atoms with Crippen molar-refractivity contribution in [3.8, 4) is 5.75 Å². The second kappa shape index (κ2) is 5.61. The molecular weight excluding hydrogens is 242 g/mol. The van der Waals surface area contributed by atoms with Crippen LogP contribution < -0.4 is 10.1 Å². The molecule has 0 saturated heterocycles. The molecule has 2 rings (SSSR count). The zero-order chi connectivity index (χ0) is 13.9. The van der Waals surface area contributed by atoms with Crippen LogP contribution in [0.2, 0.25) is 0 Å². The van der Waals surface area contributed by atoms with Gasteiger partial charge in [0.05, 0.1) is 0 Å². The number of carboxylic acid groups (broad SMARTS) is 1. The largest absolute Gasteiger partial charge is 0.492 e. The molecule has 1 aromatic rings. The van der Waals surface area contributed by atoms with E-state index in [2.05, 4.69) is 11.4 Å². The summed E-state index contributed by atoms with van der Waals surface area (Å²) in [6, 6.07) is 6.07. The third-order valence-corrected chi connectivity index (χ3v) is 3.65. The van der Waals surface area contributed by atoms with Gasteiger partial charge in [-0.15, -0.1) is 0 Å². The number of carbonyl (C=O) groups is 1. The molecule has 2 N–H and O–H groups in total. The smallest absolute Gasteiger partial charge is 0.323 e. The van der Waals surface area contributed by atoms with Gasteiger partial charge < -0.3 is 9.84 Å². The molecule has 0 aliphatic heterocycles. The number of aliphatic carboxylic acids is 1. The summed E-state index contributed by atoms with van der Waals surface area (Å²) in [7, 11) is 0. The summed E-state index contributed by atoms with van der Waals surface area (Å²) in [5, 5.41) is 12.3. The van der Waals surface area contributed by atoms with Gasteiger partial charge in [-0.1, -0.05) is 6.07 Å². The van der Waals surface area contributed by atoms with E-state index in [9.17, 15) is 4.79 Å². The van der Waals surface area contributed by atoms with Crippen molar-refractivity contribution in [1.29, 1.82) is 0 Å². The van der Waals surface area contributed by atoms with Crippen LogP contribution in [-0.4, -0.2) is 29.8 Å². The monoisotopic (exact) mass is 263 g/mol. The summed E-state index contributed by atoms with van der Waals surface area (Å²) >= 11 is 0. The van der Waals surface area contributed by atoms with Gasteiger partial charge in [0.1, 0.15) is 17.9 Å². The van der Waals surface area contributed by atoms with E-state index < -0.39 is 11.5 Å². The van der Waals surface area contributed by atoms with Crippen LogP contribution in [0.5, 0.6) is 5.75 Å². The second-order valence-corrected chi connectivity index (χ2v) is 5.34. The van der Waals surface area contributed by atoms with Crippen LogP contribution in [0.3, 0.4) is 0 Å². The molecule has 104 valence electrons. The van der Waals surface area contributed by atoms with Gasteiger partial charge in [0.2, 0.25) is 0 Å². The van der Waals surface area contributed by atoms with Crippen LogP contribution in [0.4, 0.5) is 0 Å². The average molecular weight is 263 g/mol. The summed E-state index contributed by atoms with van der Waals surface area (Å²) < 4.78 is 5.66. The lowest BCUT2D eigenvalue weighted by molar-refractivity contribution is -0.148. The predicted octanol–water partition coefficient (Wildman–Crippen LogP) is 2.28. The van der Waals surface area contributed by atoms with Crippen molar-refractivity contribution >= 4 is 5.97 Å². The first-order valence-corrected chi connectivity index (χ1v) is 6.71. The number of hydrogen-bond donors (Lipinski definition) is 2. The normalized spacial score (nSPS) is 16.7. The maximum absolute atomic E-state index is 11.2. The predicted molar refractivity (Wildman–Crippen MR) is 73.6 cm³/mol. The Morgan fingerprint density at radius 1 is 1.32 bits per heavy atom. The highest BCUT2D eigenvalue weighted by Gasteiger charge is 2.43. The van der Waals surface area contributed by atoms with Crippen molar-refractivity contribution in [2.24, 2.45) is 0 Å². The topological polar surface area (TPSA) is 58.6 Å². The van der Waals surface area contributed by atoms with Crippen molar-refractivity contribution in [2.75, 3.05) is 13.2 Å². The summed E-state index contributed by atoms with van der Waals surface area (Å²) in [6.07, 6.45) is 2.41. The highest BCUT2D eigenvalue weighted by molar-refractivity contribution is 5.79. The van der Waals surface area contributed by atoms with E-state index in [1.807, 2.05) is 26.0 Å². The van der Waals surface area contributed by atoms with E-state index >= 15 is 0 Å². The Morgan fingerprint density at radius 3 is 2.42 bits per heavy atom. The van der Waals surface area contributed by atoms with E-state index in [0.717, 1.165) is 12.2 Å². The summed E-state index contributed by atoms with van der Waals surface area (Å²) in [6.45, 7) is 5.11. The number of hydrogen-bond acceptors (Lipinski definition) is 3. The van der Waals surface area contributed by atoms with Crippen molar-refractivity contribution in [3.05, 3.63) is 29.3 Å². The summed E-state index contributed by atoms with van der Waals surface area (Å²) in [5.74, 6) is 0.0995. The molecule has 4 heteroatoms. The van der Waals surface area contributed by atoms with Gasteiger partial charge >= 0.3 is 5.97 Å². The molecule has 1 saturated carbocycles. The molecule has 0 bridgehead atoms. The van der Waals surface area contributed by atoms with Crippen molar-refractivity contribution in [3.63, 3.8) is 0 Å². The van der Waals surface area contributed by atoms with Crippen molar-refractivity contribution < 1.29 is 14.6 Å². The summed E-state index contributed by atoms with van der Waals surface area (Å²) in [5.41, 5.74) is 1.64. The molecule has 1 fully saturated rings. The number of ether oxygens (including phenoxy) is 1. The minimum absolute atomic E-state index is 0.484. The standard InChI is InChI=1S/C15H21NO3/c1-11-8-12(2)10-13(9-11)19-7-6-16-15(14(17)18)4-3-5-15/h8-10,16H,3-7H2,1-2H3,(H,17,18). The molecule has 0 heterocycles. The number of carboxylic acids is 1. The zero-order valence-corrected chi connectivity index (χ0v) is 11.5. The van der Waals surface area contributed by atoms with Crippen LogP contribution in [0.25, 0.3) is 0 Å². The van der Waals surface area contributed by atoms with Gasteiger partial charge in [-0.05, 0) is 56.4 Å². The van der Waals surface area contributed by atoms with E-state index in [4.69, 9.17) is 9.84 Å². The Bertz CT molecular complexity index is 446. The molecule has 0 atom stereocenters. The fourth-order valence-corrected chi connectivity index (χ4v) is 2.47. The lowest BCUT2D eigenvalue weighted by Gasteiger charge is -2.38. The van der Waals surface area contributed by atoms with E-state index in [-0.39, 0.29) is 0 Å². The Kier molecular flexibility index (Phi) is 4.10. The Hall–Kier alpha value is -1.55. The third-order valence-electron chi connectivity index (χ3n) is 3.65. The lowest BCUT2D eigenvalue weighted by Crippen LogP contribution is -2.57. The highest BCUT2D eigenvalue weighted by Crippen LogP contribution is 2.31. The maximum Gasteiger partial charge on any atom is 0.323 e. The third kappa shape index (κ3) is 3.26. The fourth-order valence-electron chi connectivity index (χ4n) is 2.47. The van der Waals surface area contributed by atoms with Crippen LogP contribution in [0.15, 0.2) is 18.2 Å². The molecular formula is C15H21NO3. The molecule has 0 unspecified atom stereocenters. The fraction of sp³-hybridized carbons (Fsp3) is 0.533.